The third-order valence-corrected chi connectivity index (χ3v) is 6.09. The highest BCUT2D eigenvalue weighted by molar-refractivity contribution is 5.78. The standard InChI is InChI=1S/C18H32N2O3/c1-13-4-3-5-16(14(13)2)19-17(21)12-20-8-6-15(7-9-20)18-22-10-11-23-18/h13-16,18H,3-12H2,1-2H3,(H,19,21). The van der Waals surface area contributed by atoms with Crippen LogP contribution >= 0.6 is 0 Å². The van der Waals surface area contributed by atoms with Gasteiger partial charge in [0.1, 0.15) is 0 Å². The maximum atomic E-state index is 12.4. The largest absolute Gasteiger partial charge is 0.352 e. The van der Waals surface area contributed by atoms with Gasteiger partial charge >= 0.3 is 0 Å². The predicted molar refractivity (Wildman–Crippen MR) is 89.0 cm³/mol. The minimum Gasteiger partial charge on any atom is -0.352 e. The lowest BCUT2D eigenvalue weighted by atomic mass is 9.78. The van der Waals surface area contributed by atoms with Gasteiger partial charge in [-0.2, -0.15) is 0 Å². The normalized spacial score (nSPS) is 34.6. The second-order valence-electron chi connectivity index (χ2n) is 7.66. The fraction of sp³-hybridized carbons (Fsp3) is 0.944. The van der Waals surface area contributed by atoms with Crippen molar-refractivity contribution in [3.05, 3.63) is 0 Å². The van der Waals surface area contributed by atoms with Crippen LogP contribution in [0.4, 0.5) is 0 Å². The molecule has 1 N–H and O–H groups in total. The van der Waals surface area contributed by atoms with Gasteiger partial charge in [0.15, 0.2) is 6.29 Å². The van der Waals surface area contributed by atoms with E-state index >= 15 is 0 Å². The Hall–Kier alpha value is -0.650. The van der Waals surface area contributed by atoms with Gasteiger partial charge in [0.05, 0.1) is 19.8 Å². The first-order valence-corrected chi connectivity index (χ1v) is 9.38. The van der Waals surface area contributed by atoms with Crippen molar-refractivity contribution in [1.29, 1.82) is 0 Å². The van der Waals surface area contributed by atoms with Gasteiger partial charge < -0.3 is 14.8 Å². The number of hydrogen-bond donors (Lipinski definition) is 1. The van der Waals surface area contributed by atoms with E-state index < -0.39 is 0 Å². The topological polar surface area (TPSA) is 50.8 Å². The Morgan fingerprint density at radius 3 is 2.48 bits per heavy atom. The molecule has 0 aromatic carbocycles. The van der Waals surface area contributed by atoms with Crippen LogP contribution in [0, 0.1) is 17.8 Å². The summed E-state index contributed by atoms with van der Waals surface area (Å²) in [7, 11) is 0. The van der Waals surface area contributed by atoms with Crippen LogP contribution in [0.15, 0.2) is 0 Å². The average molecular weight is 324 g/mol. The summed E-state index contributed by atoms with van der Waals surface area (Å²) in [6, 6.07) is 0.365. The lowest BCUT2D eigenvalue weighted by Crippen LogP contribution is -2.49. The number of carbonyl (C=O) groups excluding carboxylic acids is 1. The summed E-state index contributed by atoms with van der Waals surface area (Å²) >= 11 is 0. The molecule has 2 aliphatic heterocycles. The third-order valence-electron chi connectivity index (χ3n) is 6.09. The molecule has 23 heavy (non-hydrogen) atoms. The first-order valence-electron chi connectivity index (χ1n) is 9.38. The minimum absolute atomic E-state index is 0.00412. The van der Waals surface area contributed by atoms with E-state index in [1.807, 2.05) is 0 Å². The molecule has 2 saturated heterocycles. The zero-order chi connectivity index (χ0) is 16.2. The average Bonchev–Trinajstić information content (AvgIpc) is 3.07. The van der Waals surface area contributed by atoms with Gasteiger partial charge in [-0.15, -0.1) is 0 Å². The summed E-state index contributed by atoms with van der Waals surface area (Å²) in [6.45, 7) is 8.52. The number of likely N-dealkylation sites (tertiary alicyclic amines) is 1. The van der Waals surface area contributed by atoms with Crippen LogP contribution < -0.4 is 5.32 Å². The van der Waals surface area contributed by atoms with Gasteiger partial charge in [-0.1, -0.05) is 26.7 Å². The molecule has 0 aromatic heterocycles. The molecule has 0 spiro atoms. The molecule has 0 bridgehead atoms. The monoisotopic (exact) mass is 324 g/mol. The number of nitrogens with one attached hydrogen (secondary N) is 1. The molecule has 0 radical (unpaired) electrons. The molecule has 3 aliphatic rings. The SMILES string of the molecule is CC1CCCC(NC(=O)CN2CCC(C3OCCO3)CC2)C1C. The van der Waals surface area contributed by atoms with Crippen molar-refractivity contribution in [2.24, 2.45) is 17.8 Å². The van der Waals surface area contributed by atoms with Crippen molar-refractivity contribution in [3.8, 4) is 0 Å². The van der Waals surface area contributed by atoms with Gasteiger partial charge in [-0.25, -0.2) is 0 Å². The Kier molecular flexibility index (Phi) is 5.94. The fourth-order valence-corrected chi connectivity index (χ4v) is 4.27. The van der Waals surface area contributed by atoms with Gasteiger partial charge in [0, 0.05) is 12.0 Å². The van der Waals surface area contributed by atoms with Crippen molar-refractivity contribution in [3.63, 3.8) is 0 Å². The molecule has 132 valence electrons. The number of amides is 1. The minimum atomic E-state index is -0.00412. The molecule has 3 unspecified atom stereocenters. The highest BCUT2D eigenvalue weighted by Gasteiger charge is 2.32. The van der Waals surface area contributed by atoms with E-state index in [0.717, 1.165) is 51.5 Å². The highest BCUT2D eigenvalue weighted by Crippen LogP contribution is 2.29. The van der Waals surface area contributed by atoms with Crippen LogP contribution in [0.25, 0.3) is 0 Å². The van der Waals surface area contributed by atoms with Crippen LogP contribution in [0.5, 0.6) is 0 Å². The molecule has 5 heteroatoms. The van der Waals surface area contributed by atoms with Crippen molar-refractivity contribution >= 4 is 5.91 Å². The van der Waals surface area contributed by atoms with Crippen LogP contribution in [-0.4, -0.2) is 56.0 Å². The number of rotatable bonds is 4. The molecular weight excluding hydrogens is 292 g/mol. The Bertz CT molecular complexity index is 390. The van der Waals surface area contributed by atoms with E-state index in [1.165, 1.54) is 12.8 Å². The van der Waals surface area contributed by atoms with Crippen molar-refractivity contribution in [2.45, 2.75) is 58.3 Å². The molecule has 1 aliphatic carbocycles. The molecule has 3 rings (SSSR count). The number of piperidine rings is 1. The second kappa shape index (κ2) is 7.95. The quantitative estimate of drug-likeness (QED) is 0.859. The van der Waals surface area contributed by atoms with Gasteiger partial charge in [0.25, 0.3) is 0 Å². The van der Waals surface area contributed by atoms with E-state index in [4.69, 9.17) is 9.47 Å². The number of hydrogen-bond acceptors (Lipinski definition) is 4. The molecule has 0 aromatic rings. The van der Waals surface area contributed by atoms with E-state index in [0.29, 0.717) is 24.4 Å². The Labute approximate surface area is 140 Å². The van der Waals surface area contributed by atoms with Gasteiger partial charge in [0.2, 0.25) is 5.91 Å². The summed E-state index contributed by atoms with van der Waals surface area (Å²) in [5.41, 5.74) is 0. The predicted octanol–water partition coefficient (Wildman–Crippen LogP) is 2.01. The van der Waals surface area contributed by atoms with Crippen molar-refractivity contribution in [1.82, 2.24) is 10.2 Å². The van der Waals surface area contributed by atoms with Crippen molar-refractivity contribution < 1.29 is 14.3 Å². The maximum absolute atomic E-state index is 12.4. The zero-order valence-corrected chi connectivity index (χ0v) is 14.6. The zero-order valence-electron chi connectivity index (χ0n) is 14.6. The second-order valence-corrected chi connectivity index (χ2v) is 7.66. The summed E-state index contributed by atoms with van der Waals surface area (Å²) in [6.07, 6.45) is 5.80. The molecule has 5 nitrogen and oxygen atoms in total. The number of nitrogens with zero attached hydrogens (tertiary/aromatic N) is 1. The van der Waals surface area contributed by atoms with Crippen LogP contribution in [0.1, 0.15) is 46.0 Å². The molecule has 3 fully saturated rings. The van der Waals surface area contributed by atoms with E-state index in [2.05, 4.69) is 24.1 Å². The highest BCUT2D eigenvalue weighted by atomic mass is 16.7. The number of ether oxygens (including phenoxy) is 2. The Balaban J connectivity index is 1.39. The summed E-state index contributed by atoms with van der Waals surface area (Å²) < 4.78 is 11.2. The molecule has 3 atom stereocenters. The maximum Gasteiger partial charge on any atom is 0.234 e. The lowest BCUT2D eigenvalue weighted by Gasteiger charge is -2.36. The van der Waals surface area contributed by atoms with Crippen molar-refractivity contribution in [2.75, 3.05) is 32.8 Å². The van der Waals surface area contributed by atoms with Gasteiger partial charge in [-0.05, 0) is 44.2 Å². The first kappa shape index (κ1) is 17.2. The summed E-state index contributed by atoms with van der Waals surface area (Å²) in [5.74, 6) is 2.00. The first-order chi connectivity index (χ1) is 11.1. The van der Waals surface area contributed by atoms with Crippen LogP contribution in [-0.2, 0) is 14.3 Å². The molecule has 1 amide bonds. The van der Waals surface area contributed by atoms with E-state index in [9.17, 15) is 4.79 Å². The van der Waals surface area contributed by atoms with Crippen LogP contribution in [0.3, 0.4) is 0 Å². The Morgan fingerprint density at radius 2 is 1.78 bits per heavy atom. The summed E-state index contributed by atoms with van der Waals surface area (Å²) in [4.78, 5) is 14.6. The van der Waals surface area contributed by atoms with Gasteiger partial charge in [-0.3, -0.25) is 9.69 Å². The number of carbonyl (C=O) groups is 1. The lowest BCUT2D eigenvalue weighted by molar-refractivity contribution is -0.125. The Morgan fingerprint density at radius 1 is 1.09 bits per heavy atom. The van der Waals surface area contributed by atoms with E-state index in [-0.39, 0.29) is 12.2 Å². The third kappa shape index (κ3) is 4.46. The fourth-order valence-electron chi connectivity index (χ4n) is 4.27. The summed E-state index contributed by atoms with van der Waals surface area (Å²) in [5, 5.41) is 3.28. The molecule has 2 heterocycles. The van der Waals surface area contributed by atoms with Crippen LogP contribution in [0.2, 0.25) is 0 Å². The molecule has 1 saturated carbocycles. The van der Waals surface area contributed by atoms with E-state index in [1.54, 1.807) is 0 Å². The molecular formula is C18H32N2O3. The smallest absolute Gasteiger partial charge is 0.234 e.